The maximum atomic E-state index is 10.6. The van der Waals surface area contributed by atoms with Crippen molar-refractivity contribution in [2.24, 2.45) is 11.7 Å². The van der Waals surface area contributed by atoms with Gasteiger partial charge in [0.05, 0.1) is 12.1 Å². The number of aliphatic hydroxyl groups excluding tert-OH is 1. The molecule has 0 aliphatic heterocycles. The van der Waals surface area contributed by atoms with E-state index in [9.17, 15) is 5.11 Å². The second-order valence-electron chi connectivity index (χ2n) is 6.44. The van der Waals surface area contributed by atoms with Crippen molar-refractivity contribution < 1.29 is 5.11 Å². The summed E-state index contributed by atoms with van der Waals surface area (Å²) in [5.74, 6) is 0.361. The van der Waals surface area contributed by atoms with Gasteiger partial charge in [0.2, 0.25) is 0 Å². The Balaban J connectivity index is 1.91. The highest BCUT2D eigenvalue weighted by atomic mass is 16.3. The van der Waals surface area contributed by atoms with Gasteiger partial charge in [-0.25, -0.2) is 0 Å². The first-order valence-corrected chi connectivity index (χ1v) is 8.10. The van der Waals surface area contributed by atoms with E-state index in [2.05, 4.69) is 48.5 Å². The molecular weight excluding hydrogens is 270 g/mol. The SMILES string of the molecule is N[C@H](c1cc2ccccc2c2ccccc12)[C@@H](O)C1CCC1. The van der Waals surface area contributed by atoms with E-state index in [-0.39, 0.29) is 6.04 Å². The van der Waals surface area contributed by atoms with E-state index in [4.69, 9.17) is 5.73 Å². The molecule has 0 bridgehead atoms. The summed E-state index contributed by atoms with van der Waals surface area (Å²) >= 11 is 0. The highest BCUT2D eigenvalue weighted by molar-refractivity contribution is 6.09. The maximum Gasteiger partial charge on any atom is 0.0761 e. The van der Waals surface area contributed by atoms with Crippen LogP contribution < -0.4 is 5.73 Å². The minimum Gasteiger partial charge on any atom is -0.391 e. The van der Waals surface area contributed by atoms with Crippen LogP contribution in [0.4, 0.5) is 0 Å². The number of rotatable bonds is 3. The average molecular weight is 291 g/mol. The average Bonchev–Trinajstić information content (AvgIpc) is 2.51. The lowest BCUT2D eigenvalue weighted by atomic mass is 9.77. The Morgan fingerprint density at radius 2 is 1.55 bits per heavy atom. The predicted octanol–water partition coefficient (Wildman–Crippen LogP) is 4.15. The molecule has 2 nitrogen and oxygen atoms in total. The number of hydrogen-bond donors (Lipinski definition) is 2. The number of hydrogen-bond acceptors (Lipinski definition) is 2. The summed E-state index contributed by atoms with van der Waals surface area (Å²) in [6.07, 6.45) is 2.96. The van der Waals surface area contributed by atoms with Crippen molar-refractivity contribution in [1.82, 2.24) is 0 Å². The Kier molecular flexibility index (Phi) is 3.36. The van der Waals surface area contributed by atoms with Crippen molar-refractivity contribution >= 4 is 21.5 Å². The second kappa shape index (κ2) is 5.38. The van der Waals surface area contributed by atoms with E-state index >= 15 is 0 Å². The van der Waals surface area contributed by atoms with E-state index in [1.54, 1.807) is 0 Å². The molecule has 112 valence electrons. The molecule has 2 heteroatoms. The minimum atomic E-state index is -0.446. The van der Waals surface area contributed by atoms with Gasteiger partial charge in [0.25, 0.3) is 0 Å². The second-order valence-corrected chi connectivity index (χ2v) is 6.44. The van der Waals surface area contributed by atoms with Crippen LogP contribution in [0, 0.1) is 5.92 Å². The molecular formula is C20H21NO. The van der Waals surface area contributed by atoms with Gasteiger partial charge < -0.3 is 10.8 Å². The fourth-order valence-electron chi connectivity index (χ4n) is 3.62. The molecule has 1 aliphatic rings. The lowest BCUT2D eigenvalue weighted by Crippen LogP contribution is -2.36. The molecule has 4 rings (SSSR count). The zero-order valence-corrected chi connectivity index (χ0v) is 12.6. The first-order chi connectivity index (χ1) is 10.8. The smallest absolute Gasteiger partial charge is 0.0761 e. The maximum absolute atomic E-state index is 10.6. The minimum absolute atomic E-state index is 0.320. The largest absolute Gasteiger partial charge is 0.391 e. The Bertz CT molecular complexity index is 822. The van der Waals surface area contributed by atoms with Gasteiger partial charge in [-0.3, -0.25) is 0 Å². The summed E-state index contributed by atoms with van der Waals surface area (Å²) in [5, 5.41) is 15.4. The van der Waals surface area contributed by atoms with E-state index in [0.717, 1.165) is 23.8 Å². The van der Waals surface area contributed by atoms with Crippen LogP contribution in [0.15, 0.2) is 54.6 Å². The van der Waals surface area contributed by atoms with Crippen LogP contribution in [-0.4, -0.2) is 11.2 Å². The Morgan fingerprint density at radius 1 is 0.909 bits per heavy atom. The van der Waals surface area contributed by atoms with Crippen molar-refractivity contribution in [2.75, 3.05) is 0 Å². The van der Waals surface area contributed by atoms with Crippen molar-refractivity contribution in [2.45, 2.75) is 31.4 Å². The summed E-state index contributed by atoms with van der Waals surface area (Å²) in [5.41, 5.74) is 7.52. The lowest BCUT2D eigenvalue weighted by Gasteiger charge is -2.34. The van der Waals surface area contributed by atoms with Gasteiger partial charge in [-0.05, 0) is 51.9 Å². The molecule has 0 aromatic heterocycles. The quantitative estimate of drug-likeness (QED) is 0.712. The van der Waals surface area contributed by atoms with E-state index in [1.165, 1.54) is 22.6 Å². The summed E-state index contributed by atoms with van der Waals surface area (Å²) in [6.45, 7) is 0. The third-order valence-electron chi connectivity index (χ3n) is 5.16. The van der Waals surface area contributed by atoms with E-state index in [1.807, 2.05) is 6.07 Å². The molecule has 3 aromatic rings. The van der Waals surface area contributed by atoms with Crippen LogP contribution in [0.3, 0.4) is 0 Å². The van der Waals surface area contributed by atoms with Crippen LogP contribution in [0.25, 0.3) is 21.5 Å². The molecule has 3 aromatic carbocycles. The summed E-state index contributed by atoms with van der Waals surface area (Å²) in [7, 11) is 0. The zero-order valence-electron chi connectivity index (χ0n) is 12.6. The first-order valence-electron chi connectivity index (χ1n) is 8.10. The van der Waals surface area contributed by atoms with Gasteiger partial charge in [-0.2, -0.15) is 0 Å². The van der Waals surface area contributed by atoms with Crippen molar-refractivity contribution in [3.8, 4) is 0 Å². The van der Waals surface area contributed by atoms with Gasteiger partial charge in [0.1, 0.15) is 0 Å². The van der Waals surface area contributed by atoms with Crippen LogP contribution in [0.5, 0.6) is 0 Å². The molecule has 2 atom stereocenters. The molecule has 0 spiro atoms. The monoisotopic (exact) mass is 291 g/mol. The molecule has 0 heterocycles. The lowest BCUT2D eigenvalue weighted by molar-refractivity contribution is 0.0417. The van der Waals surface area contributed by atoms with Gasteiger partial charge in [0, 0.05) is 0 Å². The van der Waals surface area contributed by atoms with Gasteiger partial charge in [-0.15, -0.1) is 0 Å². The zero-order chi connectivity index (χ0) is 15.1. The highest BCUT2D eigenvalue weighted by Gasteiger charge is 2.31. The van der Waals surface area contributed by atoms with Crippen LogP contribution in [-0.2, 0) is 0 Å². The van der Waals surface area contributed by atoms with Crippen molar-refractivity contribution in [1.29, 1.82) is 0 Å². The fraction of sp³-hybridized carbons (Fsp3) is 0.300. The van der Waals surface area contributed by atoms with Gasteiger partial charge in [0.15, 0.2) is 0 Å². The van der Waals surface area contributed by atoms with Crippen LogP contribution >= 0.6 is 0 Å². The number of benzene rings is 3. The summed E-state index contributed by atoms with van der Waals surface area (Å²) < 4.78 is 0. The van der Waals surface area contributed by atoms with Crippen molar-refractivity contribution in [3.63, 3.8) is 0 Å². The summed E-state index contributed by atoms with van der Waals surface area (Å²) in [6, 6.07) is 18.6. The predicted molar refractivity (Wildman–Crippen MR) is 91.7 cm³/mol. The molecule has 1 saturated carbocycles. The standard InChI is InChI=1S/C20H21NO/c21-19(20(22)13-7-5-8-13)18-12-14-6-1-2-9-15(14)16-10-3-4-11-17(16)18/h1-4,6,9-13,19-20,22H,5,7-8,21H2/t19-,20+/m1/s1. The normalized spacial score (nSPS) is 18.3. The van der Waals surface area contributed by atoms with Crippen molar-refractivity contribution in [3.05, 3.63) is 60.2 Å². The van der Waals surface area contributed by atoms with Gasteiger partial charge >= 0.3 is 0 Å². The molecule has 1 fully saturated rings. The molecule has 22 heavy (non-hydrogen) atoms. The summed E-state index contributed by atoms with van der Waals surface area (Å²) in [4.78, 5) is 0. The van der Waals surface area contributed by atoms with Gasteiger partial charge in [-0.1, -0.05) is 55.0 Å². The highest BCUT2D eigenvalue weighted by Crippen LogP contribution is 2.37. The molecule has 0 amide bonds. The Labute approximate surface area is 130 Å². The first kappa shape index (κ1) is 13.7. The van der Waals surface area contributed by atoms with Crippen LogP contribution in [0.2, 0.25) is 0 Å². The molecule has 0 saturated heterocycles. The Hall–Kier alpha value is -1.90. The third kappa shape index (κ3) is 2.11. The molecule has 3 N–H and O–H groups in total. The fourth-order valence-corrected chi connectivity index (χ4v) is 3.62. The topological polar surface area (TPSA) is 46.2 Å². The number of nitrogens with two attached hydrogens (primary N) is 1. The molecule has 1 aliphatic carbocycles. The number of fused-ring (bicyclic) bond motifs is 3. The Morgan fingerprint density at radius 3 is 2.23 bits per heavy atom. The third-order valence-corrected chi connectivity index (χ3v) is 5.16. The molecule has 0 unspecified atom stereocenters. The van der Waals surface area contributed by atoms with Crippen LogP contribution in [0.1, 0.15) is 30.9 Å². The van der Waals surface area contributed by atoms with E-state index < -0.39 is 6.10 Å². The van der Waals surface area contributed by atoms with E-state index in [0.29, 0.717) is 5.92 Å². The molecule has 0 radical (unpaired) electrons. The number of aliphatic hydroxyl groups is 1.